The van der Waals surface area contributed by atoms with Gasteiger partial charge in [0.05, 0.1) is 18.7 Å². The number of ether oxygens (including phenoxy) is 1. The molecule has 1 amide bonds. The topological polar surface area (TPSA) is 68.3 Å². The van der Waals surface area contributed by atoms with Crippen LogP contribution in [0.25, 0.3) is 11.3 Å². The van der Waals surface area contributed by atoms with Crippen LogP contribution in [0, 0.1) is 6.92 Å². The fraction of sp³-hybridized carbons (Fsp3) is 0.292. The zero-order valence-electron chi connectivity index (χ0n) is 17.3. The first kappa shape index (κ1) is 21.7. The lowest BCUT2D eigenvalue weighted by atomic mass is 10.1. The molecule has 3 aromatic rings. The first-order valence-electron chi connectivity index (χ1n) is 10.1. The molecular formula is C24H26N2O3S. The highest BCUT2D eigenvalue weighted by atomic mass is 32.1. The number of benzene rings is 2. The number of carbonyl (C=O) groups excluding carboxylic acids is 2. The van der Waals surface area contributed by atoms with E-state index < -0.39 is 0 Å². The summed E-state index contributed by atoms with van der Waals surface area (Å²) in [5, 5.41) is 3.40. The Labute approximate surface area is 181 Å². The molecule has 156 valence electrons. The molecule has 0 aliphatic carbocycles. The second kappa shape index (κ2) is 10.7. The Morgan fingerprint density at radius 1 is 1.07 bits per heavy atom. The lowest BCUT2D eigenvalue weighted by molar-refractivity contribution is -0.142. The molecule has 0 unspecified atom stereocenters. The van der Waals surface area contributed by atoms with Crippen molar-refractivity contribution < 1.29 is 14.3 Å². The maximum atomic E-state index is 12.4. The summed E-state index contributed by atoms with van der Waals surface area (Å²) >= 11 is 1.32. The van der Waals surface area contributed by atoms with Crippen molar-refractivity contribution in [2.24, 2.45) is 0 Å². The number of hydrogen-bond donors (Lipinski definition) is 1. The van der Waals surface area contributed by atoms with Crippen molar-refractivity contribution in [3.63, 3.8) is 0 Å². The largest absolute Gasteiger partial charge is 0.466 e. The molecule has 0 saturated carbocycles. The van der Waals surface area contributed by atoms with Gasteiger partial charge in [0.1, 0.15) is 0 Å². The normalized spacial score (nSPS) is 10.6. The van der Waals surface area contributed by atoms with E-state index in [9.17, 15) is 9.59 Å². The molecule has 0 spiro atoms. The molecule has 30 heavy (non-hydrogen) atoms. The van der Waals surface area contributed by atoms with Crippen LogP contribution in [-0.4, -0.2) is 23.5 Å². The monoisotopic (exact) mass is 422 g/mol. The quantitative estimate of drug-likeness (QED) is 0.482. The van der Waals surface area contributed by atoms with Crippen LogP contribution in [0.15, 0.2) is 54.6 Å². The van der Waals surface area contributed by atoms with E-state index in [-0.39, 0.29) is 18.3 Å². The van der Waals surface area contributed by atoms with E-state index in [2.05, 4.69) is 41.5 Å². The molecule has 0 aliphatic heterocycles. The Morgan fingerprint density at radius 2 is 1.80 bits per heavy atom. The Hall–Kier alpha value is -2.99. The van der Waals surface area contributed by atoms with Crippen molar-refractivity contribution in [2.45, 2.75) is 39.5 Å². The molecule has 3 rings (SSSR count). The van der Waals surface area contributed by atoms with Crippen LogP contribution in [0.1, 0.15) is 35.8 Å². The number of hydrogen-bond acceptors (Lipinski definition) is 5. The number of esters is 1. The number of nitrogens with one attached hydrogen (secondary N) is 1. The van der Waals surface area contributed by atoms with E-state index in [1.807, 2.05) is 30.3 Å². The molecule has 2 aromatic carbocycles. The molecule has 1 heterocycles. The van der Waals surface area contributed by atoms with Crippen LogP contribution in [-0.2, 0) is 27.2 Å². The fourth-order valence-electron chi connectivity index (χ4n) is 3.08. The molecule has 0 saturated heterocycles. The Bertz CT molecular complexity index is 981. The van der Waals surface area contributed by atoms with E-state index in [1.54, 1.807) is 6.92 Å². The maximum Gasteiger partial charge on any atom is 0.311 e. The average molecular weight is 423 g/mol. The Balaban J connectivity index is 1.64. The van der Waals surface area contributed by atoms with Crippen molar-refractivity contribution in [3.8, 4) is 11.3 Å². The predicted octanol–water partition coefficient (Wildman–Crippen LogP) is 5.19. The lowest BCUT2D eigenvalue weighted by Gasteiger charge is -2.03. The Morgan fingerprint density at radius 3 is 2.50 bits per heavy atom. The fourth-order valence-corrected chi connectivity index (χ4v) is 4.06. The highest BCUT2D eigenvalue weighted by Crippen LogP contribution is 2.32. The summed E-state index contributed by atoms with van der Waals surface area (Å²) in [5.41, 5.74) is 4.08. The van der Waals surface area contributed by atoms with Crippen LogP contribution in [0.3, 0.4) is 0 Å². The number of thiazole rings is 1. The number of aryl methyl sites for hydroxylation is 2. The molecule has 0 aliphatic rings. The zero-order valence-corrected chi connectivity index (χ0v) is 18.1. The van der Waals surface area contributed by atoms with Gasteiger partial charge in [0.25, 0.3) is 0 Å². The first-order chi connectivity index (χ1) is 14.5. The minimum absolute atomic E-state index is 0.0711. The highest BCUT2D eigenvalue weighted by molar-refractivity contribution is 7.16. The number of anilines is 1. The summed E-state index contributed by atoms with van der Waals surface area (Å²) in [6, 6.07) is 18.0. The molecule has 0 atom stereocenters. The highest BCUT2D eigenvalue weighted by Gasteiger charge is 2.18. The smallest absolute Gasteiger partial charge is 0.311 e. The van der Waals surface area contributed by atoms with Crippen molar-refractivity contribution in [1.29, 1.82) is 0 Å². The van der Waals surface area contributed by atoms with Crippen LogP contribution in [0.2, 0.25) is 0 Å². The summed E-state index contributed by atoms with van der Waals surface area (Å²) in [5.74, 6) is -0.368. The average Bonchev–Trinajstić information content (AvgIpc) is 3.12. The van der Waals surface area contributed by atoms with Gasteiger partial charge in [-0.2, -0.15) is 0 Å². The molecular weight excluding hydrogens is 396 g/mol. The molecule has 1 aromatic heterocycles. The van der Waals surface area contributed by atoms with Gasteiger partial charge in [-0.25, -0.2) is 4.98 Å². The van der Waals surface area contributed by atoms with E-state index in [0.717, 1.165) is 23.3 Å². The van der Waals surface area contributed by atoms with Crippen molar-refractivity contribution in [3.05, 3.63) is 70.6 Å². The van der Waals surface area contributed by atoms with Crippen LogP contribution < -0.4 is 5.32 Å². The molecule has 5 nitrogen and oxygen atoms in total. The molecule has 0 fully saturated rings. The van der Waals surface area contributed by atoms with Crippen LogP contribution in [0.4, 0.5) is 5.13 Å². The Kier molecular flexibility index (Phi) is 7.74. The van der Waals surface area contributed by atoms with Crippen LogP contribution in [0.5, 0.6) is 0 Å². The standard InChI is InChI=1S/C24H26N2O3S/c1-3-29-22(28)16-20-23(19-9-5-4-6-10-19)26-24(30-20)25-21(27)11-7-8-18-14-12-17(2)13-15-18/h4-6,9-10,12-15H,3,7-8,11,16H2,1-2H3,(H,25,26,27). The van der Waals surface area contributed by atoms with E-state index in [1.165, 1.54) is 22.5 Å². The molecule has 1 N–H and O–H groups in total. The molecule has 0 radical (unpaired) electrons. The number of amides is 1. The summed E-state index contributed by atoms with van der Waals surface area (Å²) in [4.78, 5) is 29.8. The van der Waals surface area contributed by atoms with Crippen LogP contribution >= 0.6 is 11.3 Å². The maximum absolute atomic E-state index is 12.4. The van der Waals surface area contributed by atoms with Gasteiger partial charge < -0.3 is 10.1 Å². The van der Waals surface area contributed by atoms with Gasteiger partial charge in [-0.3, -0.25) is 9.59 Å². The van der Waals surface area contributed by atoms with Crippen molar-refractivity contribution in [2.75, 3.05) is 11.9 Å². The van der Waals surface area contributed by atoms with E-state index in [0.29, 0.717) is 23.9 Å². The van der Waals surface area contributed by atoms with Gasteiger partial charge in [-0.1, -0.05) is 60.2 Å². The molecule has 0 bridgehead atoms. The SMILES string of the molecule is CCOC(=O)Cc1sc(NC(=O)CCCc2ccc(C)cc2)nc1-c1ccccc1. The lowest BCUT2D eigenvalue weighted by Crippen LogP contribution is -2.11. The van der Waals surface area contributed by atoms with Gasteiger partial charge in [0, 0.05) is 16.9 Å². The second-order valence-electron chi connectivity index (χ2n) is 7.03. The van der Waals surface area contributed by atoms with Crippen molar-refractivity contribution in [1.82, 2.24) is 4.98 Å². The predicted molar refractivity (Wildman–Crippen MR) is 121 cm³/mol. The number of nitrogens with zero attached hydrogens (tertiary/aromatic N) is 1. The summed E-state index contributed by atoms with van der Waals surface area (Å²) in [6.45, 7) is 4.18. The van der Waals surface area contributed by atoms with Gasteiger partial charge in [-0.05, 0) is 32.3 Å². The first-order valence-corrected chi connectivity index (χ1v) is 10.9. The third kappa shape index (κ3) is 6.26. The summed E-state index contributed by atoms with van der Waals surface area (Å²) < 4.78 is 5.08. The minimum atomic E-state index is -0.297. The minimum Gasteiger partial charge on any atom is -0.466 e. The zero-order chi connectivity index (χ0) is 21.3. The van der Waals surface area contributed by atoms with E-state index in [4.69, 9.17) is 4.74 Å². The van der Waals surface area contributed by atoms with Gasteiger partial charge >= 0.3 is 5.97 Å². The number of rotatable bonds is 9. The summed E-state index contributed by atoms with van der Waals surface area (Å²) in [7, 11) is 0. The van der Waals surface area contributed by atoms with Gasteiger partial charge in [-0.15, -0.1) is 11.3 Å². The number of carbonyl (C=O) groups is 2. The van der Waals surface area contributed by atoms with Crippen molar-refractivity contribution >= 4 is 28.3 Å². The second-order valence-corrected chi connectivity index (χ2v) is 8.11. The van der Waals surface area contributed by atoms with E-state index >= 15 is 0 Å². The molecule has 6 heteroatoms. The third-order valence-electron chi connectivity index (χ3n) is 4.59. The summed E-state index contributed by atoms with van der Waals surface area (Å²) in [6.07, 6.45) is 2.18. The third-order valence-corrected chi connectivity index (χ3v) is 5.56. The van der Waals surface area contributed by atoms with Gasteiger partial charge in [0.15, 0.2) is 5.13 Å². The number of aromatic nitrogens is 1. The van der Waals surface area contributed by atoms with Gasteiger partial charge in [0.2, 0.25) is 5.91 Å².